The van der Waals surface area contributed by atoms with Crippen LogP contribution < -0.4 is 20.4 Å². The maximum Gasteiger partial charge on any atom is 0.262 e. The number of ether oxygens (including phenoxy) is 1. The van der Waals surface area contributed by atoms with Gasteiger partial charge in [-0.3, -0.25) is 4.79 Å². The van der Waals surface area contributed by atoms with Crippen LogP contribution in [0.5, 0.6) is 5.75 Å². The molecule has 0 unspecified atom stereocenters. The molecule has 2 aliphatic rings. The van der Waals surface area contributed by atoms with E-state index in [1.165, 1.54) is 6.07 Å². The Hall–Kier alpha value is -3.09. The molecule has 0 saturated heterocycles. The van der Waals surface area contributed by atoms with Crippen molar-refractivity contribution in [3.63, 3.8) is 0 Å². The van der Waals surface area contributed by atoms with Crippen LogP contribution in [0.25, 0.3) is 11.1 Å². The number of nitrogens with zero attached hydrogens (tertiary/aromatic N) is 2. The Labute approximate surface area is 144 Å². The number of carbonyl (C=O) groups excluding carboxylic acids is 1. The van der Waals surface area contributed by atoms with Gasteiger partial charge in [0.1, 0.15) is 24.2 Å². The summed E-state index contributed by atoms with van der Waals surface area (Å²) in [6, 6.07) is 9.86. The lowest BCUT2D eigenvalue weighted by Gasteiger charge is -2.38. The highest BCUT2D eigenvalue weighted by Gasteiger charge is 2.35. The molecular weight excluding hydrogens is 323 g/mol. The van der Waals surface area contributed by atoms with E-state index in [0.717, 1.165) is 11.4 Å². The number of halogens is 1. The summed E-state index contributed by atoms with van der Waals surface area (Å²) < 4.78 is 20.1. The van der Waals surface area contributed by atoms with Gasteiger partial charge >= 0.3 is 0 Å². The van der Waals surface area contributed by atoms with Crippen molar-refractivity contribution >= 4 is 23.1 Å². The first-order chi connectivity index (χ1) is 12.1. The fourth-order valence-corrected chi connectivity index (χ4v) is 3.18. The minimum absolute atomic E-state index is 0.180. The second-order valence-corrected chi connectivity index (χ2v) is 5.93. The van der Waals surface area contributed by atoms with E-state index in [9.17, 15) is 9.18 Å². The molecule has 0 radical (unpaired) electrons. The maximum absolute atomic E-state index is 14.3. The SMILES string of the molecule is CNc1cc2c(cc1-c1ccccc1F)OCC1=NNC(=O)[C@H](C)N12. The minimum Gasteiger partial charge on any atom is -0.483 e. The average molecular weight is 340 g/mol. The number of nitrogens with one attached hydrogen (secondary N) is 2. The van der Waals surface area contributed by atoms with Gasteiger partial charge in [-0.05, 0) is 25.1 Å². The molecule has 0 aliphatic carbocycles. The van der Waals surface area contributed by atoms with E-state index in [0.29, 0.717) is 22.7 Å². The minimum atomic E-state index is -0.404. The molecule has 4 rings (SSSR count). The molecule has 1 atom stereocenters. The molecule has 25 heavy (non-hydrogen) atoms. The Kier molecular flexibility index (Phi) is 3.56. The lowest BCUT2D eigenvalue weighted by molar-refractivity contribution is -0.122. The zero-order chi connectivity index (χ0) is 17.6. The number of hydrogen-bond donors (Lipinski definition) is 2. The summed E-state index contributed by atoms with van der Waals surface area (Å²) in [5.41, 5.74) is 5.16. The van der Waals surface area contributed by atoms with Crippen LogP contribution in [0.4, 0.5) is 15.8 Å². The number of rotatable bonds is 2. The summed E-state index contributed by atoms with van der Waals surface area (Å²) in [7, 11) is 1.77. The quantitative estimate of drug-likeness (QED) is 0.882. The highest BCUT2D eigenvalue weighted by Crippen LogP contribution is 2.42. The Balaban J connectivity index is 1.89. The van der Waals surface area contributed by atoms with Gasteiger partial charge in [0.05, 0.1) is 5.69 Å². The van der Waals surface area contributed by atoms with E-state index in [1.807, 2.05) is 17.9 Å². The highest BCUT2D eigenvalue weighted by atomic mass is 19.1. The number of amides is 1. The summed E-state index contributed by atoms with van der Waals surface area (Å²) in [5, 5.41) is 7.17. The van der Waals surface area contributed by atoms with Crippen molar-refractivity contribution in [2.24, 2.45) is 5.10 Å². The van der Waals surface area contributed by atoms with Gasteiger partial charge in [0.25, 0.3) is 5.91 Å². The van der Waals surface area contributed by atoms with Gasteiger partial charge in [0.15, 0.2) is 5.84 Å². The zero-order valence-corrected chi connectivity index (χ0v) is 13.8. The third-order valence-electron chi connectivity index (χ3n) is 4.49. The van der Waals surface area contributed by atoms with Gasteiger partial charge < -0.3 is 15.0 Å². The molecule has 2 aromatic carbocycles. The molecule has 0 spiro atoms. The van der Waals surface area contributed by atoms with E-state index >= 15 is 0 Å². The molecule has 0 saturated carbocycles. The van der Waals surface area contributed by atoms with Crippen molar-refractivity contribution in [1.82, 2.24) is 5.43 Å². The Morgan fingerprint density at radius 1 is 1.32 bits per heavy atom. The molecule has 2 heterocycles. The summed E-state index contributed by atoms with van der Waals surface area (Å²) in [6.07, 6.45) is 0. The van der Waals surface area contributed by atoms with Gasteiger partial charge in [-0.25, -0.2) is 9.82 Å². The van der Waals surface area contributed by atoms with Crippen LogP contribution in [0.1, 0.15) is 6.92 Å². The second kappa shape index (κ2) is 5.77. The Bertz CT molecular complexity index is 897. The predicted molar refractivity (Wildman–Crippen MR) is 94.4 cm³/mol. The van der Waals surface area contributed by atoms with Crippen molar-refractivity contribution in [3.8, 4) is 16.9 Å². The van der Waals surface area contributed by atoms with Crippen molar-refractivity contribution in [2.75, 3.05) is 23.9 Å². The lowest BCUT2D eigenvalue weighted by Crippen LogP contribution is -2.55. The van der Waals surface area contributed by atoms with Crippen molar-refractivity contribution in [3.05, 3.63) is 42.2 Å². The first kappa shape index (κ1) is 15.4. The fraction of sp³-hybridized carbons (Fsp3) is 0.222. The standard InChI is InChI=1S/C18H17FN4O2/c1-10-18(24)22-21-17-9-25-16-7-12(11-5-3-4-6-13(11)19)14(20-2)8-15(16)23(10)17/h3-8,10,20H,9H2,1-2H3,(H,22,24)/t10-/m0/s1. The molecule has 2 N–H and O–H groups in total. The summed E-state index contributed by atoms with van der Waals surface area (Å²) >= 11 is 0. The van der Waals surface area contributed by atoms with Crippen molar-refractivity contribution in [1.29, 1.82) is 0 Å². The number of hydrazone groups is 1. The molecule has 0 aromatic heterocycles. The molecule has 7 heteroatoms. The topological polar surface area (TPSA) is 66.0 Å². The van der Waals surface area contributed by atoms with Crippen LogP contribution in [0, 0.1) is 5.82 Å². The number of amidine groups is 1. The normalized spacial score (nSPS) is 18.5. The van der Waals surface area contributed by atoms with Crippen molar-refractivity contribution in [2.45, 2.75) is 13.0 Å². The molecule has 0 bridgehead atoms. The summed E-state index contributed by atoms with van der Waals surface area (Å²) in [5.74, 6) is 0.751. The predicted octanol–water partition coefficient (Wildman–Crippen LogP) is 2.57. The third kappa shape index (κ3) is 2.39. The van der Waals surface area contributed by atoms with Crippen LogP contribution >= 0.6 is 0 Å². The average Bonchev–Trinajstić information content (AvgIpc) is 2.63. The molecular formula is C18H17FN4O2. The smallest absolute Gasteiger partial charge is 0.262 e. The monoisotopic (exact) mass is 340 g/mol. The molecule has 2 aromatic rings. The largest absolute Gasteiger partial charge is 0.483 e. The molecule has 1 amide bonds. The first-order valence-corrected chi connectivity index (χ1v) is 7.99. The Morgan fingerprint density at radius 3 is 2.88 bits per heavy atom. The van der Waals surface area contributed by atoms with Gasteiger partial charge in [-0.15, -0.1) is 0 Å². The van der Waals surface area contributed by atoms with Crippen LogP contribution in [-0.2, 0) is 4.79 Å². The highest BCUT2D eigenvalue weighted by molar-refractivity contribution is 6.10. The van der Waals surface area contributed by atoms with E-state index in [1.54, 1.807) is 31.3 Å². The van der Waals surface area contributed by atoms with Crippen LogP contribution in [-0.4, -0.2) is 31.4 Å². The molecule has 128 valence electrons. The van der Waals surface area contributed by atoms with Crippen LogP contribution in [0.3, 0.4) is 0 Å². The molecule has 6 nitrogen and oxygen atoms in total. The van der Waals surface area contributed by atoms with Gasteiger partial charge in [-0.2, -0.15) is 5.10 Å². The summed E-state index contributed by atoms with van der Waals surface area (Å²) in [4.78, 5) is 13.8. The zero-order valence-electron chi connectivity index (χ0n) is 13.8. The molecule has 2 aliphatic heterocycles. The van der Waals surface area contributed by atoms with E-state index in [4.69, 9.17) is 4.74 Å². The second-order valence-electron chi connectivity index (χ2n) is 5.93. The van der Waals surface area contributed by atoms with E-state index in [-0.39, 0.29) is 18.3 Å². The number of carbonyl (C=O) groups is 1. The molecule has 0 fully saturated rings. The number of hydrogen-bond acceptors (Lipinski definition) is 5. The maximum atomic E-state index is 14.3. The lowest BCUT2D eigenvalue weighted by atomic mass is 10.00. The van der Waals surface area contributed by atoms with Crippen molar-refractivity contribution < 1.29 is 13.9 Å². The Morgan fingerprint density at radius 2 is 2.12 bits per heavy atom. The fourth-order valence-electron chi connectivity index (χ4n) is 3.18. The van der Waals surface area contributed by atoms with E-state index < -0.39 is 6.04 Å². The van der Waals surface area contributed by atoms with Gasteiger partial charge in [0, 0.05) is 23.9 Å². The van der Waals surface area contributed by atoms with Crippen LogP contribution in [0.2, 0.25) is 0 Å². The van der Waals surface area contributed by atoms with Gasteiger partial charge in [0.2, 0.25) is 0 Å². The number of anilines is 2. The number of benzene rings is 2. The first-order valence-electron chi connectivity index (χ1n) is 7.99. The van der Waals surface area contributed by atoms with Crippen LogP contribution in [0.15, 0.2) is 41.5 Å². The van der Waals surface area contributed by atoms with E-state index in [2.05, 4.69) is 15.8 Å². The third-order valence-corrected chi connectivity index (χ3v) is 4.49. The number of fused-ring (bicyclic) bond motifs is 3. The summed E-state index contributed by atoms with van der Waals surface area (Å²) in [6.45, 7) is 2.05. The van der Waals surface area contributed by atoms with Gasteiger partial charge in [-0.1, -0.05) is 18.2 Å².